The lowest BCUT2D eigenvalue weighted by atomic mass is 10.0. The second kappa shape index (κ2) is 52.1. The van der Waals surface area contributed by atoms with E-state index in [1.54, 1.807) is 0 Å². The molecule has 2 unspecified atom stereocenters. The molecule has 0 saturated heterocycles. The minimum atomic E-state index is -4.28. The zero-order valence-electron chi connectivity index (χ0n) is 45.9. The summed E-state index contributed by atoms with van der Waals surface area (Å²) in [5.41, 5.74) is 0. The summed E-state index contributed by atoms with van der Waals surface area (Å²) in [5, 5.41) is 0. The lowest BCUT2D eigenvalue weighted by molar-refractivity contribution is -0.870. The summed E-state index contributed by atoms with van der Waals surface area (Å²) in [6.45, 7) is 5.66. The van der Waals surface area contributed by atoms with Crippen molar-refractivity contribution in [1.29, 1.82) is 0 Å². The van der Waals surface area contributed by atoms with Gasteiger partial charge in [0.1, 0.15) is 19.3 Å². The average molecular weight is 982 g/mol. The Morgan fingerprint density at radius 1 is 0.456 bits per heavy atom. The maximum absolute atomic E-state index is 12.8. The number of hydrogen-bond donors (Lipinski definition) is 1. The number of esters is 1. The maximum Gasteiger partial charge on any atom is 0.472 e. The van der Waals surface area contributed by atoms with Crippen LogP contribution in [0.3, 0.4) is 0 Å². The number of likely N-dealkylation sites (N-methyl/N-ethyl adjacent to an activating group) is 1. The molecular formula is C59H115NO7P+. The van der Waals surface area contributed by atoms with Gasteiger partial charge < -0.3 is 18.9 Å². The number of rotatable bonds is 55. The van der Waals surface area contributed by atoms with Crippen molar-refractivity contribution in [2.75, 3.05) is 54.1 Å². The molecule has 1 N–H and O–H groups in total. The van der Waals surface area contributed by atoms with E-state index in [1.807, 2.05) is 21.1 Å². The fraction of sp³-hybridized carbons (Fsp3) is 0.881. The molecule has 0 aliphatic heterocycles. The van der Waals surface area contributed by atoms with Crippen molar-refractivity contribution < 1.29 is 37.3 Å². The molecule has 402 valence electrons. The highest BCUT2D eigenvalue weighted by molar-refractivity contribution is 7.47. The number of carbonyl (C=O) groups is 1. The van der Waals surface area contributed by atoms with E-state index in [0.29, 0.717) is 24.1 Å². The van der Waals surface area contributed by atoms with Crippen LogP contribution in [-0.4, -0.2) is 75.6 Å². The molecule has 0 aromatic rings. The third kappa shape index (κ3) is 55.6. The number of nitrogens with zero attached hydrogens (tertiary/aromatic N) is 1. The summed E-state index contributed by atoms with van der Waals surface area (Å²) in [6.07, 6.45) is 64.9. The van der Waals surface area contributed by atoms with Crippen LogP contribution in [0.1, 0.15) is 277 Å². The van der Waals surface area contributed by atoms with Gasteiger partial charge in [-0.3, -0.25) is 13.8 Å². The summed E-state index contributed by atoms with van der Waals surface area (Å²) in [5.74, 6) is -0.308. The Kier molecular flexibility index (Phi) is 51.1. The van der Waals surface area contributed by atoms with E-state index in [1.165, 1.54) is 212 Å². The Morgan fingerprint density at radius 2 is 0.809 bits per heavy atom. The number of ether oxygens (including phenoxy) is 2. The standard InChI is InChI=1S/C59H114NO7P/c1-6-8-10-12-14-16-18-20-22-24-26-28-29-30-31-32-33-35-37-39-41-43-45-47-49-51-54-64-56-58(57-66-68(62,63)65-55-53-60(3,4)5)67-59(61)52-50-48-46-44-42-40-38-36-34-27-25-23-21-19-17-15-13-11-9-7-2/h18,20,24,26,29-30,58H,6-17,19,21-23,25,27-28,31-57H2,1-5H3/p+1/b20-18-,26-24-,30-29-. The molecule has 68 heavy (non-hydrogen) atoms. The van der Waals surface area contributed by atoms with Gasteiger partial charge in [-0.2, -0.15) is 0 Å². The number of carbonyl (C=O) groups excluding carboxylic acids is 1. The van der Waals surface area contributed by atoms with E-state index in [9.17, 15) is 14.3 Å². The molecule has 2 atom stereocenters. The van der Waals surface area contributed by atoms with E-state index in [0.717, 1.165) is 44.9 Å². The van der Waals surface area contributed by atoms with E-state index in [2.05, 4.69) is 50.3 Å². The first kappa shape index (κ1) is 66.7. The lowest BCUT2D eigenvalue weighted by Gasteiger charge is -2.24. The molecule has 0 aliphatic carbocycles. The highest BCUT2D eigenvalue weighted by Crippen LogP contribution is 2.43. The average Bonchev–Trinajstić information content (AvgIpc) is 3.30. The predicted octanol–water partition coefficient (Wildman–Crippen LogP) is 18.5. The maximum atomic E-state index is 12.8. The number of phosphoric ester groups is 1. The summed E-state index contributed by atoms with van der Waals surface area (Å²) < 4.78 is 35.3. The molecular weight excluding hydrogens is 866 g/mol. The first-order valence-corrected chi connectivity index (χ1v) is 30.7. The lowest BCUT2D eigenvalue weighted by Crippen LogP contribution is -2.37. The largest absolute Gasteiger partial charge is 0.472 e. The van der Waals surface area contributed by atoms with Gasteiger partial charge in [0.05, 0.1) is 34.4 Å². The van der Waals surface area contributed by atoms with Gasteiger partial charge in [0.15, 0.2) is 0 Å². The second-order valence-corrected chi connectivity index (χ2v) is 22.5. The van der Waals surface area contributed by atoms with Gasteiger partial charge in [0, 0.05) is 13.0 Å². The predicted molar refractivity (Wildman–Crippen MR) is 293 cm³/mol. The molecule has 9 heteroatoms. The van der Waals surface area contributed by atoms with E-state index in [-0.39, 0.29) is 25.8 Å². The fourth-order valence-electron chi connectivity index (χ4n) is 8.45. The molecule has 0 radical (unpaired) electrons. The van der Waals surface area contributed by atoms with Gasteiger partial charge in [-0.25, -0.2) is 4.57 Å². The third-order valence-electron chi connectivity index (χ3n) is 13.0. The Labute approximate surface area is 423 Å². The van der Waals surface area contributed by atoms with Crippen LogP contribution in [0.5, 0.6) is 0 Å². The Morgan fingerprint density at radius 3 is 1.21 bits per heavy atom. The Hall–Kier alpha value is -1.28. The van der Waals surface area contributed by atoms with Crippen LogP contribution in [0, 0.1) is 0 Å². The van der Waals surface area contributed by atoms with E-state index >= 15 is 0 Å². The number of allylic oxidation sites excluding steroid dienone is 6. The fourth-order valence-corrected chi connectivity index (χ4v) is 9.19. The van der Waals surface area contributed by atoms with Crippen LogP contribution >= 0.6 is 7.82 Å². The van der Waals surface area contributed by atoms with Crippen LogP contribution in [0.4, 0.5) is 0 Å². The van der Waals surface area contributed by atoms with Gasteiger partial charge in [-0.1, -0.05) is 256 Å². The first-order valence-electron chi connectivity index (χ1n) is 29.2. The number of hydrogen-bond acceptors (Lipinski definition) is 6. The van der Waals surface area contributed by atoms with Crippen molar-refractivity contribution in [2.45, 2.75) is 283 Å². The number of phosphoric acid groups is 1. The van der Waals surface area contributed by atoms with Crippen molar-refractivity contribution >= 4 is 13.8 Å². The molecule has 0 fully saturated rings. The van der Waals surface area contributed by atoms with Gasteiger partial charge in [0.2, 0.25) is 0 Å². The normalized spacial score (nSPS) is 13.7. The highest BCUT2D eigenvalue weighted by atomic mass is 31.2. The van der Waals surface area contributed by atoms with Crippen molar-refractivity contribution in [3.8, 4) is 0 Å². The van der Waals surface area contributed by atoms with Crippen molar-refractivity contribution in [2.24, 2.45) is 0 Å². The molecule has 0 amide bonds. The molecule has 0 aromatic carbocycles. The van der Waals surface area contributed by atoms with Crippen LogP contribution < -0.4 is 0 Å². The minimum Gasteiger partial charge on any atom is -0.457 e. The van der Waals surface area contributed by atoms with Crippen LogP contribution in [0.2, 0.25) is 0 Å². The summed E-state index contributed by atoms with van der Waals surface area (Å²) in [4.78, 5) is 23.1. The van der Waals surface area contributed by atoms with Gasteiger partial charge in [-0.05, 0) is 51.4 Å². The molecule has 8 nitrogen and oxygen atoms in total. The first-order chi connectivity index (χ1) is 33.1. The second-order valence-electron chi connectivity index (χ2n) is 21.0. The zero-order chi connectivity index (χ0) is 49.8. The van der Waals surface area contributed by atoms with Crippen molar-refractivity contribution in [1.82, 2.24) is 0 Å². The van der Waals surface area contributed by atoms with Crippen LogP contribution in [-0.2, 0) is 27.9 Å². The number of unbranched alkanes of at least 4 members (excludes halogenated alkanes) is 35. The molecule has 0 spiro atoms. The van der Waals surface area contributed by atoms with Crippen LogP contribution in [0.25, 0.3) is 0 Å². The van der Waals surface area contributed by atoms with E-state index < -0.39 is 13.9 Å². The molecule has 0 aliphatic rings. The summed E-state index contributed by atoms with van der Waals surface area (Å²) in [6, 6.07) is 0. The molecule has 0 heterocycles. The van der Waals surface area contributed by atoms with Gasteiger partial charge in [0.25, 0.3) is 0 Å². The number of quaternary nitrogens is 1. The third-order valence-corrected chi connectivity index (χ3v) is 13.9. The van der Waals surface area contributed by atoms with Crippen LogP contribution in [0.15, 0.2) is 36.5 Å². The SMILES string of the molecule is CCCCCCC/C=C\C/C=C\C/C=C\CCCCCCCCCCCCCOCC(COP(=O)(O)OCC[N+](C)(C)C)OC(=O)CCCCCCCCCCCCCCCCCCCCCC. The molecule has 0 rings (SSSR count). The van der Waals surface area contributed by atoms with E-state index in [4.69, 9.17) is 18.5 Å². The quantitative estimate of drug-likeness (QED) is 0.0213. The topological polar surface area (TPSA) is 91.3 Å². The van der Waals surface area contributed by atoms with Gasteiger partial charge in [-0.15, -0.1) is 0 Å². The zero-order valence-corrected chi connectivity index (χ0v) is 46.8. The van der Waals surface area contributed by atoms with Gasteiger partial charge >= 0.3 is 13.8 Å². The summed E-state index contributed by atoms with van der Waals surface area (Å²) >= 11 is 0. The monoisotopic (exact) mass is 981 g/mol. The Balaban J connectivity index is 4.05. The molecule has 0 aromatic heterocycles. The Bertz CT molecular complexity index is 1180. The molecule has 0 bridgehead atoms. The highest BCUT2D eigenvalue weighted by Gasteiger charge is 2.26. The summed E-state index contributed by atoms with van der Waals surface area (Å²) in [7, 11) is 1.68. The van der Waals surface area contributed by atoms with Crippen molar-refractivity contribution in [3.63, 3.8) is 0 Å². The smallest absolute Gasteiger partial charge is 0.457 e. The minimum absolute atomic E-state index is 0.0898. The van der Waals surface area contributed by atoms with Crippen molar-refractivity contribution in [3.05, 3.63) is 36.5 Å². The molecule has 0 saturated carbocycles.